The topological polar surface area (TPSA) is 125 Å². The summed E-state index contributed by atoms with van der Waals surface area (Å²) in [5, 5.41) is 0.801. The summed E-state index contributed by atoms with van der Waals surface area (Å²) in [5.74, 6) is 5.43. The number of sulfonamides is 1. The van der Waals surface area contributed by atoms with Crippen LogP contribution in [0.2, 0.25) is 16.6 Å². The molecule has 0 aliphatic carbocycles. The van der Waals surface area contributed by atoms with Crippen molar-refractivity contribution in [2.45, 2.75) is 46.7 Å². The van der Waals surface area contributed by atoms with Crippen LogP contribution in [0.15, 0.2) is 52.3 Å². The molecule has 0 aliphatic heterocycles. The summed E-state index contributed by atoms with van der Waals surface area (Å²) in [7, 11) is -8.49. The summed E-state index contributed by atoms with van der Waals surface area (Å²) in [6.07, 6.45) is 0.553. The van der Waals surface area contributed by atoms with Crippen LogP contribution in [0.1, 0.15) is 18.9 Å². The summed E-state index contributed by atoms with van der Waals surface area (Å²) in [6, 6.07) is 10.2. The second kappa shape index (κ2) is 12.9. The van der Waals surface area contributed by atoms with Gasteiger partial charge in [0.05, 0.1) is 13.2 Å². The second-order valence-electron chi connectivity index (χ2n) is 7.84. The molecule has 2 N–H and O–H groups in total. The van der Waals surface area contributed by atoms with Gasteiger partial charge in [0.1, 0.15) is 0 Å². The van der Waals surface area contributed by atoms with Gasteiger partial charge in [0, 0.05) is 6.42 Å². The predicted octanol–water partition coefficient (Wildman–Crippen LogP) is 3.19. The van der Waals surface area contributed by atoms with E-state index in [1.165, 1.54) is 40.7 Å². The molecule has 0 heterocycles. The van der Waals surface area contributed by atoms with Gasteiger partial charge in [0.2, 0.25) is 0 Å². The molecule has 2 rings (SSSR count). The Morgan fingerprint density at radius 3 is 2.24 bits per heavy atom. The van der Waals surface area contributed by atoms with Gasteiger partial charge in [-0.3, -0.25) is 0 Å². The van der Waals surface area contributed by atoms with Gasteiger partial charge in [-0.25, -0.2) is 5.90 Å². The second-order valence-corrected chi connectivity index (χ2v) is 16.7. The van der Waals surface area contributed by atoms with Gasteiger partial charge >= 0.3 is 178 Å². The molecule has 2 aromatic carbocycles. The van der Waals surface area contributed by atoms with Gasteiger partial charge in [0.15, 0.2) is 0 Å². The molecule has 0 spiro atoms. The zero-order valence-electron chi connectivity index (χ0n) is 19.9. The van der Waals surface area contributed by atoms with Gasteiger partial charge in [-0.1, -0.05) is 0 Å². The van der Waals surface area contributed by atoms with E-state index in [0.717, 1.165) is 5.21 Å². The van der Waals surface area contributed by atoms with E-state index >= 15 is 0 Å². The average molecular weight is 577 g/mol. The van der Waals surface area contributed by atoms with Crippen LogP contribution >= 0.6 is 0 Å². The van der Waals surface area contributed by atoms with Crippen LogP contribution in [-0.2, 0) is 25.0 Å². The Morgan fingerprint density at radius 1 is 0.971 bits per heavy atom. The summed E-state index contributed by atoms with van der Waals surface area (Å²) in [5.41, 5.74) is 5.01. The fourth-order valence-corrected chi connectivity index (χ4v) is 7.90. The quantitative estimate of drug-likeness (QED) is 0.157. The Hall–Kier alpha value is -1.62. The van der Waals surface area contributed by atoms with E-state index in [4.69, 9.17) is 14.8 Å². The molecule has 2 aromatic rings. The van der Waals surface area contributed by atoms with Crippen LogP contribution in [0, 0.1) is 6.92 Å². The Balaban J connectivity index is 2.36. The standard InChI is InChI=1S/C22H33AsN2O7S2/c1-5-25(12-11-23(3)4)33(26,27)21-9-6-7-10-22(21)34(28,29)32-20-16-18(2)15-19(17-20)30-13-8-14-31-24/h6-7,9-10,15-17H,5,8,11-14,24H2,1-4H3. The molecule has 0 saturated heterocycles. The van der Waals surface area contributed by atoms with Crippen molar-refractivity contribution in [2.75, 3.05) is 26.3 Å². The molecule has 12 heteroatoms. The summed E-state index contributed by atoms with van der Waals surface area (Å²) in [4.78, 5) is 3.80. The third-order valence-corrected chi connectivity index (χ3v) is 10.6. The Bertz CT molecular complexity index is 1160. The maximum atomic E-state index is 13.4. The number of hydrogen-bond acceptors (Lipinski definition) is 8. The molecule has 0 radical (unpaired) electrons. The third-order valence-electron chi connectivity index (χ3n) is 4.79. The van der Waals surface area contributed by atoms with Crippen LogP contribution in [-0.4, -0.2) is 62.1 Å². The van der Waals surface area contributed by atoms with Gasteiger partial charge in [-0.2, -0.15) is 0 Å². The van der Waals surface area contributed by atoms with Crippen molar-refractivity contribution < 1.29 is 30.6 Å². The van der Waals surface area contributed by atoms with E-state index in [1.54, 1.807) is 19.9 Å². The molecule has 0 unspecified atom stereocenters. The van der Waals surface area contributed by atoms with Crippen molar-refractivity contribution in [3.63, 3.8) is 0 Å². The predicted molar refractivity (Wildman–Crippen MR) is 132 cm³/mol. The molecule has 0 fully saturated rings. The van der Waals surface area contributed by atoms with Crippen LogP contribution in [0.3, 0.4) is 0 Å². The van der Waals surface area contributed by atoms with E-state index in [1.807, 2.05) is 0 Å². The van der Waals surface area contributed by atoms with E-state index < -0.39 is 39.7 Å². The van der Waals surface area contributed by atoms with E-state index in [2.05, 4.69) is 16.3 Å². The fraction of sp³-hybridized carbons (Fsp3) is 0.455. The number of nitrogens with zero attached hydrogens (tertiary/aromatic N) is 1. The van der Waals surface area contributed by atoms with Gasteiger partial charge in [-0.15, -0.1) is 0 Å². The molecule has 9 nitrogen and oxygen atoms in total. The van der Waals surface area contributed by atoms with Crippen LogP contribution in [0.5, 0.6) is 11.5 Å². The molecule has 190 valence electrons. The number of ether oxygens (including phenoxy) is 1. The first-order valence-electron chi connectivity index (χ1n) is 10.8. The van der Waals surface area contributed by atoms with E-state index in [0.29, 0.717) is 37.5 Å². The number of hydrogen-bond donors (Lipinski definition) is 1. The zero-order chi connectivity index (χ0) is 25.4. The minimum absolute atomic E-state index is 0.0238. The SMILES string of the molecule is CCN(CC[As](C)C)S(=O)(=O)c1ccccc1S(=O)(=O)Oc1cc(C)cc(OCCCON)c1. The average Bonchev–Trinajstić information content (AvgIpc) is 2.76. The molecule has 0 aliphatic rings. The first kappa shape index (κ1) is 28.6. The van der Waals surface area contributed by atoms with Crippen molar-refractivity contribution in [3.05, 3.63) is 48.0 Å². The van der Waals surface area contributed by atoms with Crippen LogP contribution in [0.25, 0.3) is 0 Å². The van der Waals surface area contributed by atoms with Crippen molar-refractivity contribution in [2.24, 2.45) is 5.90 Å². The number of benzene rings is 2. The van der Waals surface area contributed by atoms with Crippen LogP contribution < -0.4 is 14.8 Å². The van der Waals surface area contributed by atoms with Gasteiger partial charge in [-0.05, 0) is 0 Å². The van der Waals surface area contributed by atoms with Crippen molar-refractivity contribution in [1.29, 1.82) is 0 Å². The van der Waals surface area contributed by atoms with Crippen molar-refractivity contribution in [1.82, 2.24) is 4.31 Å². The first-order valence-corrected chi connectivity index (χ1v) is 18.7. The zero-order valence-corrected chi connectivity index (χ0v) is 23.4. The molecule has 0 atom stereocenters. The monoisotopic (exact) mass is 576 g/mol. The summed E-state index contributed by atoms with van der Waals surface area (Å²) in [6.45, 7) is 4.75. The molecule has 0 saturated carbocycles. The number of aryl methyl sites for hydroxylation is 1. The molecular weight excluding hydrogens is 543 g/mol. The normalized spacial score (nSPS) is 12.3. The van der Waals surface area contributed by atoms with E-state index in [-0.39, 0.29) is 17.2 Å². The van der Waals surface area contributed by atoms with Gasteiger partial charge < -0.3 is 4.84 Å². The fourth-order valence-electron chi connectivity index (χ4n) is 3.12. The van der Waals surface area contributed by atoms with E-state index in [9.17, 15) is 16.8 Å². The molecular formula is C22H33AsN2O7S2. The molecule has 0 aromatic heterocycles. The van der Waals surface area contributed by atoms with Crippen LogP contribution in [0.4, 0.5) is 0 Å². The molecule has 0 amide bonds. The molecule has 34 heavy (non-hydrogen) atoms. The Kier molecular flexibility index (Phi) is 10.9. The summed E-state index contributed by atoms with van der Waals surface area (Å²) < 4.78 is 65.4. The first-order chi connectivity index (χ1) is 16.0. The Morgan fingerprint density at radius 2 is 1.62 bits per heavy atom. The Labute approximate surface area is 207 Å². The third kappa shape index (κ3) is 7.96. The number of nitrogens with two attached hydrogens (primary N) is 1. The maximum absolute atomic E-state index is 13.4. The summed E-state index contributed by atoms with van der Waals surface area (Å²) >= 11 is -1.06. The van der Waals surface area contributed by atoms with Gasteiger partial charge in [0.25, 0.3) is 0 Å². The minimum atomic E-state index is -4.45. The van der Waals surface area contributed by atoms with Crippen molar-refractivity contribution in [3.8, 4) is 11.5 Å². The number of rotatable bonds is 14. The van der Waals surface area contributed by atoms with Crippen molar-refractivity contribution >= 4 is 34.8 Å². The molecule has 0 bridgehead atoms.